The summed E-state index contributed by atoms with van der Waals surface area (Å²) in [5.74, 6) is 0.605. The van der Waals surface area contributed by atoms with Crippen LogP contribution in [0.3, 0.4) is 0 Å². The summed E-state index contributed by atoms with van der Waals surface area (Å²) in [6.07, 6.45) is 0.436. The summed E-state index contributed by atoms with van der Waals surface area (Å²) in [6.45, 7) is 7.29. The van der Waals surface area contributed by atoms with Crippen LogP contribution in [0, 0.1) is 0 Å². The van der Waals surface area contributed by atoms with Gasteiger partial charge in [0.15, 0.2) is 0 Å². The van der Waals surface area contributed by atoms with Crippen LogP contribution < -0.4 is 0 Å². The van der Waals surface area contributed by atoms with Crippen molar-refractivity contribution in [3.8, 4) is 0 Å². The highest BCUT2D eigenvalue weighted by Gasteiger charge is 2.34. The lowest BCUT2D eigenvalue weighted by Gasteiger charge is -2.37. The third-order valence-corrected chi connectivity index (χ3v) is 2.76. The maximum Gasteiger partial charge on any atom is 0.411 e. The molecule has 2 aliphatic heterocycles. The number of amides is 2. The number of fused-ring (bicyclic) bond motifs is 1. The molecule has 2 heterocycles. The topological polar surface area (TPSA) is 62.2 Å². The van der Waals surface area contributed by atoms with Crippen molar-refractivity contribution in [2.45, 2.75) is 32.8 Å². The van der Waals surface area contributed by atoms with Crippen LogP contribution in [-0.2, 0) is 9.53 Å². The van der Waals surface area contributed by atoms with E-state index in [2.05, 4.69) is 4.99 Å². The van der Waals surface area contributed by atoms with Crippen molar-refractivity contribution in [1.29, 1.82) is 0 Å². The highest BCUT2D eigenvalue weighted by molar-refractivity contribution is 6.04. The monoisotopic (exact) mass is 253 g/mol. The molecule has 100 valence electrons. The molecule has 2 amide bonds. The molecule has 1 fully saturated rings. The number of piperazine rings is 1. The van der Waals surface area contributed by atoms with Crippen LogP contribution in [0.4, 0.5) is 4.79 Å². The molecule has 0 aromatic carbocycles. The van der Waals surface area contributed by atoms with Gasteiger partial charge in [0, 0.05) is 13.1 Å². The van der Waals surface area contributed by atoms with Gasteiger partial charge in [-0.3, -0.25) is 19.6 Å². The summed E-state index contributed by atoms with van der Waals surface area (Å²) >= 11 is 0. The van der Waals surface area contributed by atoms with Gasteiger partial charge in [0.2, 0.25) is 5.91 Å². The Balaban J connectivity index is 2.06. The van der Waals surface area contributed by atoms with Crippen LogP contribution in [0.25, 0.3) is 0 Å². The first-order chi connectivity index (χ1) is 8.37. The summed E-state index contributed by atoms with van der Waals surface area (Å²) in [7, 11) is 0. The highest BCUT2D eigenvalue weighted by atomic mass is 16.6. The van der Waals surface area contributed by atoms with Gasteiger partial charge in [-0.1, -0.05) is 0 Å². The average Bonchev–Trinajstić information content (AvgIpc) is 2.26. The highest BCUT2D eigenvalue weighted by Crippen LogP contribution is 2.15. The van der Waals surface area contributed by atoms with E-state index in [0.29, 0.717) is 18.9 Å². The number of hydrogen-bond acceptors (Lipinski definition) is 4. The molecule has 0 bridgehead atoms. The second-order valence-corrected chi connectivity index (χ2v) is 5.53. The Morgan fingerprint density at radius 1 is 1.33 bits per heavy atom. The van der Waals surface area contributed by atoms with E-state index in [1.807, 2.05) is 0 Å². The number of amidine groups is 1. The molecule has 0 aromatic heterocycles. The Labute approximate surface area is 107 Å². The number of hydrogen-bond donors (Lipinski definition) is 0. The molecule has 18 heavy (non-hydrogen) atoms. The SMILES string of the molecule is CC(C)(C)OC(=O)N1CC(=O)N2CCCN=C2C1. The zero-order chi connectivity index (χ0) is 13.3. The second kappa shape index (κ2) is 4.59. The number of nitrogens with zero attached hydrogens (tertiary/aromatic N) is 3. The second-order valence-electron chi connectivity index (χ2n) is 5.53. The molecule has 0 radical (unpaired) electrons. The third-order valence-electron chi connectivity index (χ3n) is 2.76. The molecule has 6 nitrogen and oxygen atoms in total. The van der Waals surface area contributed by atoms with Crippen molar-refractivity contribution in [2.75, 3.05) is 26.2 Å². The molecule has 2 aliphatic rings. The molecule has 0 aliphatic carbocycles. The van der Waals surface area contributed by atoms with E-state index in [1.54, 1.807) is 25.7 Å². The normalized spacial score (nSPS) is 20.4. The summed E-state index contributed by atoms with van der Waals surface area (Å²) in [6, 6.07) is 0. The van der Waals surface area contributed by atoms with Crippen molar-refractivity contribution >= 4 is 17.8 Å². The van der Waals surface area contributed by atoms with Gasteiger partial charge in [-0.15, -0.1) is 0 Å². The van der Waals surface area contributed by atoms with E-state index < -0.39 is 11.7 Å². The maximum atomic E-state index is 11.9. The van der Waals surface area contributed by atoms with Gasteiger partial charge in [0.25, 0.3) is 0 Å². The van der Waals surface area contributed by atoms with E-state index in [1.165, 1.54) is 4.90 Å². The minimum atomic E-state index is -0.550. The summed E-state index contributed by atoms with van der Waals surface area (Å²) in [5, 5.41) is 0. The van der Waals surface area contributed by atoms with Gasteiger partial charge >= 0.3 is 6.09 Å². The van der Waals surface area contributed by atoms with Crippen molar-refractivity contribution in [1.82, 2.24) is 9.80 Å². The Kier molecular flexibility index (Phi) is 3.28. The lowest BCUT2D eigenvalue weighted by atomic mass is 10.2. The maximum absolute atomic E-state index is 11.9. The Bertz CT molecular complexity index is 398. The molecular formula is C12H19N3O3. The lowest BCUT2D eigenvalue weighted by Crippen LogP contribution is -2.57. The van der Waals surface area contributed by atoms with E-state index in [9.17, 15) is 9.59 Å². The van der Waals surface area contributed by atoms with E-state index >= 15 is 0 Å². The number of carbonyl (C=O) groups is 2. The van der Waals surface area contributed by atoms with Crippen LogP contribution in [0.15, 0.2) is 4.99 Å². The number of aliphatic imine (C=N–C) groups is 1. The van der Waals surface area contributed by atoms with Gasteiger partial charge in [-0.2, -0.15) is 0 Å². The predicted molar refractivity (Wildman–Crippen MR) is 66.4 cm³/mol. The zero-order valence-corrected chi connectivity index (χ0v) is 11.1. The van der Waals surface area contributed by atoms with Crippen LogP contribution in [0.5, 0.6) is 0 Å². The standard InChI is InChI=1S/C12H19N3O3/c1-12(2,3)18-11(17)14-7-9-13-5-4-6-15(9)10(16)8-14/h4-8H2,1-3H3. The van der Waals surface area contributed by atoms with E-state index in [-0.39, 0.29) is 12.5 Å². The van der Waals surface area contributed by atoms with Gasteiger partial charge in [0.1, 0.15) is 18.0 Å². The molecule has 0 atom stereocenters. The molecule has 0 saturated carbocycles. The summed E-state index contributed by atoms with van der Waals surface area (Å²) in [4.78, 5) is 31.2. The fourth-order valence-corrected chi connectivity index (χ4v) is 1.99. The van der Waals surface area contributed by atoms with Crippen LogP contribution in [-0.4, -0.2) is 59.4 Å². The van der Waals surface area contributed by atoms with E-state index in [0.717, 1.165) is 13.0 Å². The predicted octanol–water partition coefficient (Wildman–Crippen LogP) is 0.868. The summed E-state index contributed by atoms with van der Waals surface area (Å²) < 4.78 is 5.27. The first-order valence-corrected chi connectivity index (χ1v) is 6.18. The quantitative estimate of drug-likeness (QED) is 0.643. The lowest BCUT2D eigenvalue weighted by molar-refractivity contribution is -0.130. The van der Waals surface area contributed by atoms with E-state index in [4.69, 9.17) is 4.74 Å². The van der Waals surface area contributed by atoms with Crippen LogP contribution in [0.1, 0.15) is 27.2 Å². The van der Waals surface area contributed by atoms with Crippen molar-refractivity contribution in [3.63, 3.8) is 0 Å². The fourth-order valence-electron chi connectivity index (χ4n) is 1.99. The van der Waals surface area contributed by atoms with Crippen molar-refractivity contribution < 1.29 is 14.3 Å². The smallest absolute Gasteiger partial charge is 0.411 e. The van der Waals surface area contributed by atoms with Crippen LogP contribution >= 0.6 is 0 Å². The summed E-state index contributed by atoms with van der Waals surface area (Å²) in [5.41, 5.74) is -0.550. The third kappa shape index (κ3) is 2.80. The first-order valence-electron chi connectivity index (χ1n) is 6.18. The zero-order valence-electron chi connectivity index (χ0n) is 11.1. The van der Waals surface area contributed by atoms with Crippen molar-refractivity contribution in [2.24, 2.45) is 4.99 Å². The van der Waals surface area contributed by atoms with Gasteiger partial charge in [-0.05, 0) is 27.2 Å². The average molecular weight is 253 g/mol. The molecule has 0 N–H and O–H groups in total. The number of ether oxygens (including phenoxy) is 1. The first kappa shape index (κ1) is 12.9. The van der Waals surface area contributed by atoms with Gasteiger partial charge in [0.05, 0.1) is 6.54 Å². The van der Waals surface area contributed by atoms with Gasteiger partial charge in [-0.25, -0.2) is 4.79 Å². The van der Waals surface area contributed by atoms with Crippen LogP contribution in [0.2, 0.25) is 0 Å². The molecule has 2 rings (SSSR count). The Morgan fingerprint density at radius 3 is 2.72 bits per heavy atom. The molecule has 0 spiro atoms. The molecule has 0 aromatic rings. The molecule has 1 saturated heterocycles. The van der Waals surface area contributed by atoms with Crippen molar-refractivity contribution in [3.05, 3.63) is 0 Å². The molecule has 0 unspecified atom stereocenters. The Hall–Kier alpha value is -1.59. The fraction of sp³-hybridized carbons (Fsp3) is 0.750. The van der Waals surface area contributed by atoms with Gasteiger partial charge < -0.3 is 4.74 Å². The number of rotatable bonds is 0. The molecule has 6 heteroatoms. The Morgan fingerprint density at radius 2 is 2.06 bits per heavy atom. The molecular weight excluding hydrogens is 234 g/mol. The number of carbonyl (C=O) groups excluding carboxylic acids is 2. The largest absolute Gasteiger partial charge is 0.444 e. The minimum Gasteiger partial charge on any atom is -0.444 e. The minimum absolute atomic E-state index is 0.0773.